The Hall–Kier alpha value is -2.16. The van der Waals surface area contributed by atoms with Gasteiger partial charge in [-0.2, -0.15) is 0 Å². The van der Waals surface area contributed by atoms with E-state index in [0.29, 0.717) is 30.1 Å². The van der Waals surface area contributed by atoms with E-state index in [1.54, 1.807) is 13.8 Å². The van der Waals surface area contributed by atoms with E-state index < -0.39 is 28.0 Å². The van der Waals surface area contributed by atoms with Gasteiger partial charge in [-0.05, 0) is 32.8 Å². The summed E-state index contributed by atoms with van der Waals surface area (Å²) >= 11 is 1.51. The van der Waals surface area contributed by atoms with Crippen LogP contribution < -0.4 is 5.73 Å². The second-order valence-electron chi connectivity index (χ2n) is 6.77. The number of halogens is 1. The molecule has 0 saturated carbocycles. The third-order valence-electron chi connectivity index (χ3n) is 4.32. The normalized spacial score (nSPS) is 20.4. The van der Waals surface area contributed by atoms with E-state index >= 15 is 0 Å². The molecular formula is C17H22FN3O4S. The second kappa shape index (κ2) is 7.61. The lowest BCUT2D eigenvalue weighted by atomic mass is 9.84. The molecule has 1 amide bonds. The van der Waals surface area contributed by atoms with Crippen molar-refractivity contribution in [1.29, 1.82) is 0 Å². The van der Waals surface area contributed by atoms with Crippen molar-refractivity contribution in [2.75, 3.05) is 5.75 Å². The van der Waals surface area contributed by atoms with E-state index in [2.05, 4.69) is 0 Å². The molecular weight excluding hydrogens is 361 g/mol. The molecule has 1 aromatic rings. The molecule has 1 aromatic carbocycles. The smallest absolute Gasteiger partial charge is 0.405 e. The van der Waals surface area contributed by atoms with Gasteiger partial charge in [-0.25, -0.2) is 9.18 Å². The van der Waals surface area contributed by atoms with E-state index in [4.69, 9.17) is 15.5 Å². The summed E-state index contributed by atoms with van der Waals surface area (Å²) in [6.45, 7) is 5.31. The highest BCUT2D eigenvalue weighted by molar-refractivity contribution is 8.14. The number of nitro groups is 1. The number of carbonyl (C=O) groups excluding carboxylic acids is 1. The fourth-order valence-corrected chi connectivity index (χ4v) is 4.42. The third kappa shape index (κ3) is 4.51. The zero-order chi connectivity index (χ0) is 19.5. The highest BCUT2D eigenvalue weighted by atomic mass is 32.2. The predicted molar refractivity (Wildman–Crippen MR) is 98.9 cm³/mol. The number of nitrogens with zero attached hydrogens (tertiary/aromatic N) is 2. The van der Waals surface area contributed by atoms with Gasteiger partial charge in [-0.3, -0.25) is 15.1 Å². The third-order valence-corrected chi connectivity index (χ3v) is 5.30. The van der Waals surface area contributed by atoms with Crippen molar-refractivity contribution in [1.82, 2.24) is 0 Å². The first-order valence-electron chi connectivity index (χ1n) is 8.23. The van der Waals surface area contributed by atoms with Crippen LogP contribution in [0.5, 0.6) is 0 Å². The number of primary amides is 1. The first-order chi connectivity index (χ1) is 12.1. The number of rotatable bonds is 6. The van der Waals surface area contributed by atoms with Crippen LogP contribution in [0.4, 0.5) is 14.9 Å². The fourth-order valence-electron chi connectivity index (χ4n) is 3.05. The molecule has 9 heteroatoms. The van der Waals surface area contributed by atoms with Crippen LogP contribution in [0.2, 0.25) is 0 Å². The number of hydrogen-bond acceptors (Lipinski definition) is 6. The van der Waals surface area contributed by atoms with Crippen molar-refractivity contribution in [2.24, 2.45) is 10.7 Å². The lowest BCUT2D eigenvalue weighted by molar-refractivity contribution is -0.385. The molecule has 0 aromatic heterocycles. The topological polar surface area (TPSA) is 108 Å². The number of amides is 1. The summed E-state index contributed by atoms with van der Waals surface area (Å²) in [6.07, 6.45) is 0.515. The van der Waals surface area contributed by atoms with Crippen LogP contribution >= 0.6 is 11.8 Å². The van der Waals surface area contributed by atoms with Crippen LogP contribution in [0.15, 0.2) is 23.2 Å². The number of aliphatic imine (C=N–C) groups is 1. The van der Waals surface area contributed by atoms with Crippen LogP contribution in [0.3, 0.4) is 0 Å². The Morgan fingerprint density at radius 1 is 1.54 bits per heavy atom. The summed E-state index contributed by atoms with van der Waals surface area (Å²) < 4.78 is 19.6. The van der Waals surface area contributed by atoms with Gasteiger partial charge < -0.3 is 10.5 Å². The van der Waals surface area contributed by atoms with Crippen LogP contribution in [0.25, 0.3) is 0 Å². The molecule has 0 bridgehead atoms. The lowest BCUT2D eigenvalue weighted by Crippen LogP contribution is -2.36. The summed E-state index contributed by atoms with van der Waals surface area (Å²) in [5.74, 6) is 0.168. The lowest BCUT2D eigenvalue weighted by Gasteiger charge is -2.35. The quantitative estimate of drug-likeness (QED) is 0.587. The van der Waals surface area contributed by atoms with Crippen molar-refractivity contribution in [2.45, 2.75) is 51.2 Å². The number of benzene rings is 1. The van der Waals surface area contributed by atoms with Gasteiger partial charge in [0.15, 0.2) is 0 Å². The zero-order valence-electron chi connectivity index (χ0n) is 15.0. The molecule has 0 fully saturated rings. The average Bonchev–Trinajstić information content (AvgIpc) is 2.53. The zero-order valence-corrected chi connectivity index (χ0v) is 15.8. The number of carbonyl (C=O) groups is 1. The number of ether oxygens (including phenoxy) is 1. The molecule has 1 atom stereocenters. The fraction of sp³-hybridized carbons (Fsp3) is 0.529. The highest BCUT2D eigenvalue weighted by Crippen LogP contribution is 2.42. The van der Waals surface area contributed by atoms with Crippen molar-refractivity contribution in [3.8, 4) is 0 Å². The van der Waals surface area contributed by atoms with E-state index in [0.717, 1.165) is 12.1 Å². The molecule has 2 rings (SSSR count). The number of hydrogen-bond donors (Lipinski definition) is 1. The Balaban J connectivity index is 2.43. The molecule has 0 aliphatic carbocycles. The number of nitro benzene ring substituents is 1. The summed E-state index contributed by atoms with van der Waals surface area (Å²) in [5.41, 5.74) is 3.43. The maximum atomic E-state index is 14.5. The Morgan fingerprint density at radius 2 is 2.23 bits per heavy atom. The molecule has 26 heavy (non-hydrogen) atoms. The Kier molecular flexibility index (Phi) is 5.90. The van der Waals surface area contributed by atoms with Crippen molar-refractivity contribution in [3.05, 3.63) is 39.7 Å². The van der Waals surface area contributed by atoms with Crippen LogP contribution in [0, 0.1) is 15.9 Å². The Morgan fingerprint density at radius 3 is 2.81 bits per heavy atom. The van der Waals surface area contributed by atoms with Gasteiger partial charge >= 0.3 is 6.09 Å². The second-order valence-corrected chi connectivity index (χ2v) is 7.94. The van der Waals surface area contributed by atoms with Crippen LogP contribution in [0.1, 0.15) is 45.6 Å². The van der Waals surface area contributed by atoms with E-state index in [1.165, 1.54) is 17.8 Å². The van der Waals surface area contributed by atoms with Crippen LogP contribution in [-0.2, 0) is 10.3 Å². The minimum absolute atomic E-state index is 0.165. The number of thioether (sulfide) groups is 1. The van der Waals surface area contributed by atoms with Gasteiger partial charge in [0.1, 0.15) is 11.4 Å². The summed E-state index contributed by atoms with van der Waals surface area (Å²) in [7, 11) is 0. The number of non-ortho nitro benzene ring substituents is 1. The minimum atomic E-state index is -0.876. The minimum Gasteiger partial charge on any atom is -0.443 e. The summed E-state index contributed by atoms with van der Waals surface area (Å²) in [4.78, 5) is 26.3. The van der Waals surface area contributed by atoms with Crippen molar-refractivity contribution in [3.63, 3.8) is 0 Å². The molecule has 0 unspecified atom stereocenters. The van der Waals surface area contributed by atoms with E-state index in [9.17, 15) is 19.3 Å². The number of nitrogens with two attached hydrogens (primary N) is 1. The maximum Gasteiger partial charge on any atom is 0.405 e. The van der Waals surface area contributed by atoms with Gasteiger partial charge in [-0.15, -0.1) is 11.8 Å². The molecule has 1 aliphatic heterocycles. The SMILES string of the molecule is CC[C@@]1(c2cc([N+](=O)[O-])ccc2F)CCSC(CC(C)(C)OC(N)=O)=N1. The molecule has 7 nitrogen and oxygen atoms in total. The molecule has 2 N–H and O–H groups in total. The van der Waals surface area contributed by atoms with Gasteiger partial charge in [0.05, 0.1) is 15.5 Å². The molecule has 142 valence electrons. The first kappa shape index (κ1) is 20.2. The van der Waals surface area contributed by atoms with Crippen molar-refractivity contribution < 1.29 is 18.8 Å². The standard InChI is InChI=1S/C17H22FN3O4S/c1-4-17(12-9-11(21(23)24)5-6-13(12)18)7-8-26-14(20-17)10-16(2,3)25-15(19)22/h5-6,9H,4,7-8,10H2,1-3H3,(H2,19,22)/t17-/m0/s1. The molecule has 1 heterocycles. The van der Waals surface area contributed by atoms with Gasteiger partial charge in [0, 0.05) is 29.9 Å². The molecule has 0 radical (unpaired) electrons. The molecule has 0 spiro atoms. The largest absolute Gasteiger partial charge is 0.443 e. The monoisotopic (exact) mass is 383 g/mol. The highest BCUT2D eigenvalue weighted by Gasteiger charge is 2.38. The summed E-state index contributed by atoms with van der Waals surface area (Å²) in [6, 6.07) is 3.52. The summed E-state index contributed by atoms with van der Waals surface area (Å²) in [5, 5.41) is 11.8. The van der Waals surface area contributed by atoms with E-state index in [-0.39, 0.29) is 11.3 Å². The first-order valence-corrected chi connectivity index (χ1v) is 9.21. The molecule has 0 saturated heterocycles. The Labute approximate surface area is 155 Å². The van der Waals surface area contributed by atoms with Gasteiger partial charge in [-0.1, -0.05) is 6.92 Å². The Bertz CT molecular complexity index is 754. The van der Waals surface area contributed by atoms with E-state index in [1.807, 2.05) is 6.92 Å². The molecule has 1 aliphatic rings. The van der Waals surface area contributed by atoms with Crippen molar-refractivity contribution >= 4 is 28.6 Å². The van der Waals surface area contributed by atoms with Crippen LogP contribution in [-0.4, -0.2) is 27.4 Å². The average molecular weight is 383 g/mol. The van der Waals surface area contributed by atoms with Gasteiger partial charge in [0.2, 0.25) is 0 Å². The predicted octanol–water partition coefficient (Wildman–Crippen LogP) is 4.14. The maximum absolute atomic E-state index is 14.5. The van der Waals surface area contributed by atoms with Gasteiger partial charge in [0.25, 0.3) is 5.69 Å².